The summed E-state index contributed by atoms with van der Waals surface area (Å²) in [7, 11) is 0. The smallest absolute Gasteiger partial charge is 0.162 e. The van der Waals surface area contributed by atoms with Gasteiger partial charge >= 0.3 is 0 Å². The van der Waals surface area contributed by atoms with Crippen molar-refractivity contribution >= 4 is 16.7 Å². The molecule has 0 saturated carbocycles. The Kier molecular flexibility index (Phi) is 3.46. The molecule has 2 heterocycles. The van der Waals surface area contributed by atoms with E-state index in [1.165, 1.54) is 5.56 Å². The lowest BCUT2D eigenvalue weighted by Crippen LogP contribution is -2.27. The highest BCUT2D eigenvalue weighted by molar-refractivity contribution is 5.91. The molecule has 1 atom stereocenters. The molecule has 4 heteroatoms. The molecule has 1 aliphatic rings. The van der Waals surface area contributed by atoms with Crippen molar-refractivity contribution in [2.24, 2.45) is 5.73 Å². The van der Waals surface area contributed by atoms with E-state index in [1.807, 2.05) is 24.3 Å². The molecule has 1 saturated heterocycles. The summed E-state index contributed by atoms with van der Waals surface area (Å²) in [4.78, 5) is 11.9. The first-order valence-corrected chi connectivity index (χ1v) is 7.97. The van der Waals surface area contributed by atoms with Gasteiger partial charge in [0.1, 0.15) is 5.82 Å². The van der Waals surface area contributed by atoms with Crippen molar-refractivity contribution in [1.82, 2.24) is 9.97 Å². The van der Waals surface area contributed by atoms with Gasteiger partial charge in [-0.05, 0) is 37.1 Å². The predicted molar refractivity (Wildman–Crippen MR) is 93.4 cm³/mol. The molecule has 0 bridgehead atoms. The van der Waals surface area contributed by atoms with E-state index in [9.17, 15) is 0 Å². The number of hydrogen-bond acceptors (Lipinski definition) is 4. The molecule has 1 fully saturated rings. The first-order chi connectivity index (χ1) is 11.2. The van der Waals surface area contributed by atoms with Crippen molar-refractivity contribution in [1.29, 1.82) is 0 Å². The maximum absolute atomic E-state index is 6.09. The summed E-state index contributed by atoms with van der Waals surface area (Å²) in [6.07, 6.45) is 1.00. The van der Waals surface area contributed by atoms with Gasteiger partial charge in [0.15, 0.2) is 5.82 Å². The lowest BCUT2D eigenvalue weighted by Gasteiger charge is -2.20. The van der Waals surface area contributed by atoms with E-state index < -0.39 is 0 Å². The molecule has 0 aliphatic carbocycles. The molecule has 0 amide bonds. The van der Waals surface area contributed by atoms with Crippen LogP contribution in [0.3, 0.4) is 0 Å². The Morgan fingerprint density at radius 3 is 2.87 bits per heavy atom. The molecular formula is C19H19N4. The zero-order valence-corrected chi connectivity index (χ0v) is 13.2. The minimum atomic E-state index is 0.220. The van der Waals surface area contributed by atoms with Crippen LogP contribution in [0.25, 0.3) is 22.3 Å². The molecule has 4 nitrogen and oxygen atoms in total. The lowest BCUT2D eigenvalue weighted by molar-refractivity contribution is 0.751. The maximum Gasteiger partial charge on any atom is 0.162 e. The van der Waals surface area contributed by atoms with Gasteiger partial charge in [-0.3, -0.25) is 0 Å². The van der Waals surface area contributed by atoms with Gasteiger partial charge in [-0.2, -0.15) is 0 Å². The highest BCUT2D eigenvalue weighted by Crippen LogP contribution is 2.29. The Labute approximate surface area is 136 Å². The number of aromatic nitrogens is 2. The van der Waals surface area contributed by atoms with E-state index in [2.05, 4.69) is 36.1 Å². The maximum atomic E-state index is 6.09. The SMILES string of the molecule is Cc1ccc2c(N3CCC(N)C3)nc(-c3[c]cccc3)nc2c1. The topological polar surface area (TPSA) is 55.0 Å². The standard InChI is InChI=1S/C19H19N4/c1-13-7-8-16-17(11-13)21-18(14-5-3-2-4-6-14)22-19(16)23-10-9-15(20)12-23/h2-5,7-8,11,15H,9-10,12,20H2,1H3. The summed E-state index contributed by atoms with van der Waals surface area (Å²) < 4.78 is 0. The molecule has 2 aromatic carbocycles. The largest absolute Gasteiger partial charge is 0.354 e. The summed E-state index contributed by atoms with van der Waals surface area (Å²) in [6, 6.07) is 17.6. The number of anilines is 1. The zero-order chi connectivity index (χ0) is 15.8. The van der Waals surface area contributed by atoms with Crippen LogP contribution in [0, 0.1) is 13.0 Å². The van der Waals surface area contributed by atoms with E-state index in [0.717, 1.165) is 47.6 Å². The van der Waals surface area contributed by atoms with Crippen molar-refractivity contribution in [3.05, 3.63) is 54.1 Å². The Balaban J connectivity index is 1.92. The van der Waals surface area contributed by atoms with E-state index in [0.29, 0.717) is 0 Å². The Bertz CT molecular complexity index is 845. The van der Waals surface area contributed by atoms with Gasteiger partial charge in [-0.1, -0.05) is 30.3 Å². The number of rotatable bonds is 2. The highest BCUT2D eigenvalue weighted by Gasteiger charge is 2.23. The van der Waals surface area contributed by atoms with Crippen molar-refractivity contribution < 1.29 is 0 Å². The number of nitrogens with two attached hydrogens (primary N) is 1. The summed E-state index contributed by atoms with van der Waals surface area (Å²) in [5.41, 5.74) is 9.18. The van der Waals surface area contributed by atoms with Crippen LogP contribution in [0.15, 0.2) is 42.5 Å². The zero-order valence-electron chi connectivity index (χ0n) is 13.2. The second-order valence-electron chi connectivity index (χ2n) is 6.16. The van der Waals surface area contributed by atoms with Crippen molar-refractivity contribution in [2.45, 2.75) is 19.4 Å². The molecule has 23 heavy (non-hydrogen) atoms. The Morgan fingerprint density at radius 2 is 2.13 bits per heavy atom. The van der Waals surface area contributed by atoms with Crippen LogP contribution in [0.1, 0.15) is 12.0 Å². The quantitative estimate of drug-likeness (QED) is 0.791. The van der Waals surface area contributed by atoms with E-state index >= 15 is 0 Å². The highest BCUT2D eigenvalue weighted by atomic mass is 15.2. The number of benzene rings is 2. The first-order valence-electron chi connectivity index (χ1n) is 7.97. The number of nitrogens with zero attached hydrogens (tertiary/aromatic N) is 3. The number of aryl methyl sites for hydroxylation is 1. The molecule has 3 aromatic rings. The normalized spacial score (nSPS) is 17.8. The van der Waals surface area contributed by atoms with Gasteiger partial charge in [0.25, 0.3) is 0 Å². The van der Waals surface area contributed by atoms with Crippen LogP contribution in [-0.2, 0) is 0 Å². The molecule has 0 spiro atoms. The molecule has 2 N–H and O–H groups in total. The van der Waals surface area contributed by atoms with Gasteiger partial charge in [0, 0.05) is 30.1 Å². The summed E-state index contributed by atoms with van der Waals surface area (Å²) in [5, 5.41) is 1.09. The van der Waals surface area contributed by atoms with Crippen LogP contribution >= 0.6 is 0 Å². The Hall–Kier alpha value is -2.46. The lowest BCUT2D eigenvalue weighted by atomic mass is 10.1. The van der Waals surface area contributed by atoms with Gasteiger partial charge in [-0.15, -0.1) is 0 Å². The van der Waals surface area contributed by atoms with E-state index in [4.69, 9.17) is 15.7 Å². The van der Waals surface area contributed by atoms with Crippen LogP contribution in [0.2, 0.25) is 0 Å². The fraction of sp³-hybridized carbons (Fsp3) is 0.263. The third-order valence-corrected chi connectivity index (χ3v) is 4.31. The van der Waals surface area contributed by atoms with Crippen LogP contribution in [0.5, 0.6) is 0 Å². The monoisotopic (exact) mass is 303 g/mol. The molecule has 1 unspecified atom stereocenters. The molecular weight excluding hydrogens is 284 g/mol. The van der Waals surface area contributed by atoms with Crippen molar-refractivity contribution in [3.63, 3.8) is 0 Å². The van der Waals surface area contributed by atoms with Crippen molar-refractivity contribution in [3.8, 4) is 11.4 Å². The molecule has 1 aliphatic heterocycles. The average Bonchev–Trinajstić information content (AvgIpc) is 3.00. The van der Waals surface area contributed by atoms with Gasteiger partial charge in [-0.25, -0.2) is 9.97 Å². The minimum Gasteiger partial charge on any atom is -0.354 e. The van der Waals surface area contributed by atoms with E-state index in [-0.39, 0.29) is 6.04 Å². The second-order valence-corrected chi connectivity index (χ2v) is 6.16. The second kappa shape index (κ2) is 5.63. The van der Waals surface area contributed by atoms with Gasteiger partial charge in [0.05, 0.1) is 5.52 Å². The first kappa shape index (κ1) is 14.2. The molecule has 4 rings (SSSR count). The Morgan fingerprint density at radius 1 is 1.22 bits per heavy atom. The molecule has 1 radical (unpaired) electrons. The summed E-state index contributed by atoms with van der Waals surface area (Å²) >= 11 is 0. The van der Waals surface area contributed by atoms with E-state index in [1.54, 1.807) is 0 Å². The molecule has 115 valence electrons. The molecule has 1 aromatic heterocycles. The van der Waals surface area contributed by atoms with Crippen LogP contribution in [-0.4, -0.2) is 29.1 Å². The fourth-order valence-electron chi connectivity index (χ4n) is 3.10. The number of fused-ring (bicyclic) bond motifs is 1. The van der Waals surface area contributed by atoms with Crippen molar-refractivity contribution in [2.75, 3.05) is 18.0 Å². The predicted octanol–water partition coefficient (Wildman–Crippen LogP) is 2.94. The van der Waals surface area contributed by atoms with Crippen LogP contribution < -0.4 is 10.6 Å². The summed E-state index contributed by atoms with van der Waals surface area (Å²) in [6.45, 7) is 3.87. The van der Waals surface area contributed by atoms with Gasteiger partial charge in [0.2, 0.25) is 0 Å². The average molecular weight is 303 g/mol. The van der Waals surface area contributed by atoms with Crippen LogP contribution in [0.4, 0.5) is 5.82 Å². The van der Waals surface area contributed by atoms with Gasteiger partial charge < -0.3 is 10.6 Å². The minimum absolute atomic E-state index is 0.220. The summed E-state index contributed by atoms with van der Waals surface area (Å²) in [5.74, 6) is 1.70. The fourth-order valence-corrected chi connectivity index (χ4v) is 3.10. The number of hydrogen-bond donors (Lipinski definition) is 1. The third kappa shape index (κ3) is 2.66. The third-order valence-electron chi connectivity index (χ3n) is 4.31.